The minimum Gasteiger partial charge on any atom is -0.378 e. The molecule has 1 saturated heterocycles. The highest BCUT2D eigenvalue weighted by Crippen LogP contribution is 2.40. The predicted molar refractivity (Wildman–Crippen MR) is 80.3 cm³/mol. The van der Waals surface area contributed by atoms with Crippen LogP contribution in [0.2, 0.25) is 0 Å². The monoisotopic (exact) mass is 271 g/mol. The first-order valence-electron chi connectivity index (χ1n) is 7.40. The van der Waals surface area contributed by atoms with Crippen LogP contribution in [0.25, 0.3) is 0 Å². The molecule has 0 spiro atoms. The van der Waals surface area contributed by atoms with Gasteiger partial charge in [-0.3, -0.25) is 0 Å². The molecule has 0 bridgehead atoms. The van der Waals surface area contributed by atoms with Gasteiger partial charge in [0.2, 0.25) is 0 Å². The van der Waals surface area contributed by atoms with Crippen molar-refractivity contribution in [3.05, 3.63) is 0 Å². The van der Waals surface area contributed by atoms with Crippen LogP contribution in [0.3, 0.4) is 0 Å². The molecule has 1 aliphatic carbocycles. The molecule has 0 aromatic heterocycles. The summed E-state index contributed by atoms with van der Waals surface area (Å²) in [5.74, 6) is 1.25. The van der Waals surface area contributed by atoms with E-state index in [-0.39, 0.29) is 0 Å². The molecule has 1 N–H and O–H groups in total. The summed E-state index contributed by atoms with van der Waals surface area (Å²) in [5, 5.41) is 3.73. The van der Waals surface area contributed by atoms with E-state index >= 15 is 0 Å². The summed E-state index contributed by atoms with van der Waals surface area (Å²) >= 11 is 2.09. The van der Waals surface area contributed by atoms with Crippen LogP contribution in [0.15, 0.2) is 0 Å². The Kier molecular flexibility index (Phi) is 4.66. The molecule has 1 saturated carbocycles. The molecule has 18 heavy (non-hydrogen) atoms. The smallest absolute Gasteiger partial charge is 0.0616 e. The normalized spacial score (nSPS) is 33.0. The van der Waals surface area contributed by atoms with Crippen LogP contribution in [-0.4, -0.2) is 35.8 Å². The van der Waals surface area contributed by atoms with Crippen molar-refractivity contribution >= 4 is 11.8 Å². The van der Waals surface area contributed by atoms with Crippen LogP contribution in [0.4, 0.5) is 0 Å². The Morgan fingerprint density at radius 1 is 1.33 bits per heavy atom. The molecule has 0 radical (unpaired) electrons. The zero-order chi connectivity index (χ0) is 13.2. The van der Waals surface area contributed by atoms with E-state index in [0.29, 0.717) is 16.3 Å². The SMILES string of the molecule is CC1OCCC1(CCSC(C)(C)C)CNC1CC1. The first-order valence-corrected chi connectivity index (χ1v) is 8.39. The van der Waals surface area contributed by atoms with Gasteiger partial charge < -0.3 is 10.1 Å². The van der Waals surface area contributed by atoms with Crippen molar-refractivity contribution in [2.24, 2.45) is 5.41 Å². The third kappa shape index (κ3) is 4.14. The fraction of sp³-hybridized carbons (Fsp3) is 1.00. The van der Waals surface area contributed by atoms with Gasteiger partial charge in [0.25, 0.3) is 0 Å². The molecular formula is C15H29NOS. The summed E-state index contributed by atoms with van der Waals surface area (Å²) in [4.78, 5) is 0. The maximum Gasteiger partial charge on any atom is 0.0616 e. The van der Waals surface area contributed by atoms with E-state index in [0.717, 1.165) is 19.2 Å². The van der Waals surface area contributed by atoms with E-state index in [1.165, 1.54) is 31.4 Å². The first-order chi connectivity index (χ1) is 8.41. The number of hydrogen-bond acceptors (Lipinski definition) is 3. The standard InChI is InChI=1S/C15H29NOS/c1-12-15(7-9-17-12,11-16-13-5-6-13)8-10-18-14(2,3)4/h12-13,16H,5-11H2,1-4H3. The van der Waals surface area contributed by atoms with E-state index in [1.807, 2.05) is 0 Å². The lowest BCUT2D eigenvalue weighted by Crippen LogP contribution is -2.41. The molecule has 2 nitrogen and oxygen atoms in total. The second-order valence-electron chi connectivity index (χ2n) is 6.99. The summed E-state index contributed by atoms with van der Waals surface area (Å²) in [6.07, 6.45) is 5.70. The lowest BCUT2D eigenvalue weighted by atomic mass is 9.79. The third-order valence-corrected chi connectivity index (χ3v) is 5.56. The molecule has 2 fully saturated rings. The quantitative estimate of drug-likeness (QED) is 0.799. The third-order valence-electron chi connectivity index (χ3n) is 4.29. The molecule has 2 rings (SSSR count). The molecule has 1 heterocycles. The molecule has 0 aromatic carbocycles. The van der Waals surface area contributed by atoms with Crippen molar-refractivity contribution in [1.82, 2.24) is 5.32 Å². The van der Waals surface area contributed by atoms with Gasteiger partial charge >= 0.3 is 0 Å². The Morgan fingerprint density at radius 2 is 2.06 bits per heavy atom. The lowest BCUT2D eigenvalue weighted by Gasteiger charge is -2.33. The van der Waals surface area contributed by atoms with E-state index in [2.05, 4.69) is 44.8 Å². The van der Waals surface area contributed by atoms with Gasteiger partial charge in [-0.05, 0) is 38.4 Å². The van der Waals surface area contributed by atoms with Gasteiger partial charge in [-0.15, -0.1) is 0 Å². The van der Waals surface area contributed by atoms with Crippen molar-refractivity contribution in [3.8, 4) is 0 Å². The Bertz CT molecular complexity index is 272. The number of nitrogens with one attached hydrogen (secondary N) is 1. The van der Waals surface area contributed by atoms with Gasteiger partial charge in [0, 0.05) is 29.4 Å². The van der Waals surface area contributed by atoms with Crippen molar-refractivity contribution in [3.63, 3.8) is 0 Å². The largest absolute Gasteiger partial charge is 0.378 e. The second-order valence-corrected chi connectivity index (χ2v) is 8.91. The van der Waals surface area contributed by atoms with Gasteiger partial charge in [-0.25, -0.2) is 0 Å². The van der Waals surface area contributed by atoms with E-state index in [9.17, 15) is 0 Å². The molecule has 106 valence electrons. The van der Waals surface area contributed by atoms with Gasteiger partial charge in [0.1, 0.15) is 0 Å². The number of ether oxygens (including phenoxy) is 1. The van der Waals surface area contributed by atoms with Gasteiger partial charge in [0.15, 0.2) is 0 Å². The van der Waals surface area contributed by atoms with Crippen LogP contribution >= 0.6 is 11.8 Å². The molecule has 2 unspecified atom stereocenters. The highest BCUT2D eigenvalue weighted by molar-refractivity contribution is 8.00. The molecular weight excluding hydrogens is 242 g/mol. The minimum absolute atomic E-state index is 0.383. The van der Waals surface area contributed by atoms with Gasteiger partial charge in [-0.1, -0.05) is 20.8 Å². The molecule has 0 amide bonds. The van der Waals surface area contributed by atoms with Crippen LogP contribution < -0.4 is 5.32 Å². The highest BCUT2D eigenvalue weighted by Gasteiger charge is 2.42. The van der Waals surface area contributed by atoms with Crippen molar-refractivity contribution in [1.29, 1.82) is 0 Å². The zero-order valence-corrected chi connectivity index (χ0v) is 13.2. The maximum absolute atomic E-state index is 5.85. The Hall–Kier alpha value is 0.270. The molecule has 3 heteroatoms. The number of rotatable bonds is 6. The molecule has 2 atom stereocenters. The van der Waals surface area contributed by atoms with Gasteiger partial charge in [-0.2, -0.15) is 11.8 Å². The molecule has 2 aliphatic rings. The van der Waals surface area contributed by atoms with Crippen molar-refractivity contribution < 1.29 is 4.74 Å². The van der Waals surface area contributed by atoms with E-state index in [4.69, 9.17) is 4.74 Å². The molecule has 1 aliphatic heterocycles. The van der Waals surface area contributed by atoms with Crippen molar-refractivity contribution in [2.75, 3.05) is 18.9 Å². The van der Waals surface area contributed by atoms with Crippen LogP contribution in [0, 0.1) is 5.41 Å². The number of hydrogen-bond donors (Lipinski definition) is 1. The Balaban J connectivity index is 1.83. The minimum atomic E-state index is 0.383. The Morgan fingerprint density at radius 3 is 2.56 bits per heavy atom. The topological polar surface area (TPSA) is 21.3 Å². The lowest BCUT2D eigenvalue weighted by molar-refractivity contribution is 0.0614. The number of thioether (sulfide) groups is 1. The summed E-state index contributed by atoms with van der Waals surface area (Å²) in [5.41, 5.74) is 0.390. The van der Waals surface area contributed by atoms with Gasteiger partial charge in [0.05, 0.1) is 6.10 Å². The average Bonchev–Trinajstić information content (AvgIpc) is 3.01. The first kappa shape index (κ1) is 14.7. The van der Waals surface area contributed by atoms with E-state index < -0.39 is 0 Å². The summed E-state index contributed by atoms with van der Waals surface area (Å²) < 4.78 is 6.24. The van der Waals surface area contributed by atoms with E-state index in [1.54, 1.807) is 0 Å². The highest BCUT2D eigenvalue weighted by atomic mass is 32.2. The average molecular weight is 271 g/mol. The maximum atomic E-state index is 5.85. The summed E-state index contributed by atoms with van der Waals surface area (Å²) in [6, 6.07) is 0.810. The summed E-state index contributed by atoms with van der Waals surface area (Å²) in [6.45, 7) is 11.3. The summed E-state index contributed by atoms with van der Waals surface area (Å²) in [7, 11) is 0. The fourth-order valence-electron chi connectivity index (χ4n) is 2.66. The molecule has 0 aromatic rings. The fourth-order valence-corrected chi connectivity index (χ4v) is 3.78. The van der Waals surface area contributed by atoms with Crippen molar-refractivity contribution in [2.45, 2.75) is 70.3 Å². The predicted octanol–water partition coefficient (Wildman–Crippen LogP) is 3.46. The zero-order valence-electron chi connectivity index (χ0n) is 12.4. The second kappa shape index (κ2) is 5.72. The Labute approximate surface area is 117 Å². The van der Waals surface area contributed by atoms with Crippen LogP contribution in [-0.2, 0) is 4.74 Å². The van der Waals surface area contributed by atoms with Crippen LogP contribution in [0.5, 0.6) is 0 Å². The van der Waals surface area contributed by atoms with Crippen LogP contribution in [0.1, 0.15) is 53.4 Å².